The molecule has 13 heavy (non-hydrogen) atoms. The van der Waals surface area contributed by atoms with Crippen LogP contribution >= 0.6 is 11.3 Å². The molecule has 1 aromatic rings. The van der Waals surface area contributed by atoms with E-state index in [0.29, 0.717) is 5.56 Å². The topological polar surface area (TPSA) is 38.0 Å². The number of hydrazine groups is 1. The predicted molar refractivity (Wildman–Crippen MR) is 49.7 cm³/mol. The maximum Gasteiger partial charge on any atom is 0.265 e. The van der Waals surface area contributed by atoms with Gasteiger partial charge in [-0.1, -0.05) is 0 Å². The Bertz CT molecular complexity index is 280. The lowest BCUT2D eigenvalue weighted by molar-refractivity contribution is -0.0193. The lowest BCUT2D eigenvalue weighted by Crippen LogP contribution is -2.38. The monoisotopic (exact) mass is 206 g/mol. The summed E-state index contributed by atoms with van der Waals surface area (Å²) in [5.74, 6) is 2.23. The second-order valence-corrected chi connectivity index (χ2v) is 4.16. The van der Waals surface area contributed by atoms with Crippen molar-refractivity contribution in [2.75, 3.05) is 0 Å². The molecule has 0 fully saturated rings. The fourth-order valence-corrected chi connectivity index (χ4v) is 1.88. The Morgan fingerprint density at radius 1 is 1.62 bits per heavy atom. The van der Waals surface area contributed by atoms with E-state index < -0.39 is 12.0 Å². The molecule has 0 saturated carbocycles. The molecule has 1 heterocycles. The van der Waals surface area contributed by atoms with Gasteiger partial charge in [-0.25, -0.2) is 14.2 Å². The molecule has 2 nitrogen and oxygen atoms in total. The van der Waals surface area contributed by atoms with E-state index in [1.54, 1.807) is 11.4 Å². The van der Waals surface area contributed by atoms with Crippen molar-refractivity contribution in [1.29, 1.82) is 0 Å². The van der Waals surface area contributed by atoms with Gasteiger partial charge in [0.1, 0.15) is 6.04 Å². The van der Waals surface area contributed by atoms with Gasteiger partial charge in [-0.3, -0.25) is 5.84 Å². The molecule has 0 amide bonds. The first kappa shape index (κ1) is 10.6. The van der Waals surface area contributed by atoms with Crippen LogP contribution in [0, 0.1) is 6.92 Å². The van der Waals surface area contributed by atoms with Gasteiger partial charge in [-0.15, -0.1) is 11.3 Å². The van der Waals surface area contributed by atoms with Crippen LogP contribution in [0.4, 0.5) is 8.78 Å². The lowest BCUT2D eigenvalue weighted by atomic mass is 10.1. The van der Waals surface area contributed by atoms with E-state index in [9.17, 15) is 8.78 Å². The van der Waals surface area contributed by atoms with Gasteiger partial charge in [0.15, 0.2) is 0 Å². The van der Waals surface area contributed by atoms with Crippen LogP contribution in [0.3, 0.4) is 0 Å². The van der Waals surface area contributed by atoms with E-state index in [1.165, 1.54) is 11.3 Å². The summed E-state index contributed by atoms with van der Waals surface area (Å²) < 4.78 is 25.9. The van der Waals surface area contributed by atoms with Crippen LogP contribution in [-0.4, -0.2) is 5.92 Å². The van der Waals surface area contributed by atoms with Crippen LogP contribution in [0.5, 0.6) is 0 Å². The van der Waals surface area contributed by atoms with Crippen molar-refractivity contribution in [1.82, 2.24) is 5.43 Å². The first-order valence-corrected chi connectivity index (χ1v) is 4.72. The minimum atomic E-state index is -2.84. The summed E-state index contributed by atoms with van der Waals surface area (Å²) in [6.45, 7) is 2.72. The van der Waals surface area contributed by atoms with Crippen LogP contribution in [0.15, 0.2) is 11.4 Å². The largest absolute Gasteiger partial charge is 0.271 e. The third-order valence-corrected chi connectivity index (χ3v) is 2.64. The Morgan fingerprint density at radius 2 is 2.23 bits per heavy atom. The second-order valence-electron chi connectivity index (χ2n) is 3.05. The number of nitrogens with two attached hydrogens (primary N) is 1. The van der Waals surface area contributed by atoms with Gasteiger partial charge in [0, 0.05) is 11.8 Å². The van der Waals surface area contributed by atoms with Crippen molar-refractivity contribution in [3.63, 3.8) is 0 Å². The fourth-order valence-electron chi connectivity index (χ4n) is 1.15. The molecule has 74 valence electrons. The van der Waals surface area contributed by atoms with Gasteiger partial charge >= 0.3 is 0 Å². The Balaban J connectivity index is 2.91. The molecule has 0 radical (unpaired) electrons. The highest BCUT2D eigenvalue weighted by atomic mass is 32.1. The van der Waals surface area contributed by atoms with Crippen molar-refractivity contribution in [3.8, 4) is 0 Å². The maximum absolute atomic E-state index is 12.9. The van der Waals surface area contributed by atoms with E-state index in [-0.39, 0.29) is 0 Å². The van der Waals surface area contributed by atoms with Crippen molar-refractivity contribution in [2.24, 2.45) is 5.84 Å². The van der Waals surface area contributed by atoms with Gasteiger partial charge in [0.2, 0.25) is 0 Å². The summed E-state index contributed by atoms with van der Waals surface area (Å²) in [6, 6.07) is 0.615. The highest BCUT2D eigenvalue weighted by molar-refractivity contribution is 7.10. The third kappa shape index (κ3) is 2.46. The molecule has 0 aromatic carbocycles. The van der Waals surface area contributed by atoms with E-state index in [1.807, 2.05) is 6.92 Å². The Labute approximate surface area is 79.7 Å². The second kappa shape index (κ2) is 3.69. The summed E-state index contributed by atoms with van der Waals surface area (Å²) in [7, 11) is 0. The zero-order chi connectivity index (χ0) is 10.1. The maximum atomic E-state index is 12.9. The fraction of sp³-hybridized carbons (Fsp3) is 0.500. The van der Waals surface area contributed by atoms with Crippen molar-refractivity contribution < 1.29 is 8.78 Å². The summed E-state index contributed by atoms with van der Waals surface area (Å²) >= 11 is 1.44. The zero-order valence-corrected chi connectivity index (χ0v) is 8.29. The van der Waals surface area contributed by atoms with Crippen molar-refractivity contribution >= 4 is 11.3 Å². The van der Waals surface area contributed by atoms with Gasteiger partial charge in [0.25, 0.3) is 5.92 Å². The van der Waals surface area contributed by atoms with Crippen molar-refractivity contribution in [3.05, 3.63) is 21.9 Å². The average Bonchev–Trinajstić information content (AvgIpc) is 2.34. The number of hydrogen-bond donors (Lipinski definition) is 2. The van der Waals surface area contributed by atoms with E-state index in [0.717, 1.165) is 11.8 Å². The molecule has 5 heteroatoms. The Kier molecular flexibility index (Phi) is 3.00. The zero-order valence-electron chi connectivity index (χ0n) is 7.47. The Morgan fingerprint density at radius 3 is 2.54 bits per heavy atom. The number of nitrogens with one attached hydrogen (secondary N) is 1. The number of aryl methyl sites for hydroxylation is 1. The molecule has 1 atom stereocenters. The number of thiophene rings is 1. The van der Waals surface area contributed by atoms with Crippen LogP contribution in [-0.2, 0) is 0 Å². The van der Waals surface area contributed by atoms with Crippen LogP contribution in [0.25, 0.3) is 0 Å². The minimum absolute atomic E-state index is 0.539. The molecule has 0 spiro atoms. The molecule has 1 rings (SSSR count). The molecule has 3 N–H and O–H groups in total. The van der Waals surface area contributed by atoms with E-state index in [4.69, 9.17) is 5.84 Å². The molecule has 0 bridgehead atoms. The first-order chi connectivity index (χ1) is 5.95. The van der Waals surface area contributed by atoms with Crippen molar-refractivity contribution in [2.45, 2.75) is 25.8 Å². The summed E-state index contributed by atoms with van der Waals surface area (Å²) in [5, 5.41) is 1.69. The normalized spacial score (nSPS) is 14.5. The van der Waals surface area contributed by atoms with E-state index >= 15 is 0 Å². The molecule has 0 saturated heterocycles. The standard InChI is InChI=1S/C8H12F2N2S/c1-5-3-6(4-13-5)7(12-11)8(2,9)10/h3-4,7,12H,11H2,1-2H3. The smallest absolute Gasteiger partial charge is 0.265 e. The van der Waals surface area contributed by atoms with Gasteiger partial charge < -0.3 is 0 Å². The summed E-state index contributed by atoms with van der Waals surface area (Å²) in [5.41, 5.74) is 2.67. The lowest BCUT2D eigenvalue weighted by Gasteiger charge is -2.21. The molecule has 1 aromatic heterocycles. The average molecular weight is 206 g/mol. The van der Waals surface area contributed by atoms with E-state index in [2.05, 4.69) is 5.43 Å². The number of alkyl halides is 2. The quantitative estimate of drug-likeness (QED) is 0.588. The van der Waals surface area contributed by atoms with Gasteiger partial charge in [0.05, 0.1) is 0 Å². The summed E-state index contributed by atoms with van der Waals surface area (Å²) in [4.78, 5) is 1.000. The van der Waals surface area contributed by atoms with Crippen LogP contribution in [0.1, 0.15) is 23.4 Å². The molecular weight excluding hydrogens is 194 g/mol. The molecule has 0 aliphatic heterocycles. The molecule has 1 unspecified atom stereocenters. The third-order valence-electron chi connectivity index (χ3n) is 1.76. The first-order valence-electron chi connectivity index (χ1n) is 3.84. The minimum Gasteiger partial charge on any atom is -0.271 e. The number of hydrogen-bond acceptors (Lipinski definition) is 3. The summed E-state index contributed by atoms with van der Waals surface area (Å²) in [6.07, 6.45) is 0. The molecule has 0 aliphatic rings. The van der Waals surface area contributed by atoms with Crippen LogP contribution in [0.2, 0.25) is 0 Å². The SMILES string of the molecule is Cc1cc(C(NN)C(C)(F)F)cs1. The molecular formula is C8H12F2N2S. The predicted octanol–water partition coefficient (Wildman–Crippen LogP) is 2.22. The highest BCUT2D eigenvalue weighted by Gasteiger charge is 2.34. The van der Waals surface area contributed by atoms with Gasteiger partial charge in [-0.05, 0) is 23.9 Å². The van der Waals surface area contributed by atoms with Crippen LogP contribution < -0.4 is 11.3 Å². The van der Waals surface area contributed by atoms with Gasteiger partial charge in [-0.2, -0.15) is 0 Å². The highest BCUT2D eigenvalue weighted by Crippen LogP contribution is 2.32. The number of halogens is 2. The Hall–Kier alpha value is -0.520. The number of rotatable bonds is 3. The molecule has 0 aliphatic carbocycles.